The van der Waals surface area contributed by atoms with Crippen LogP contribution in [0, 0.1) is 17.3 Å². The van der Waals surface area contributed by atoms with Crippen molar-refractivity contribution in [3.05, 3.63) is 153 Å². The summed E-state index contributed by atoms with van der Waals surface area (Å²) in [7, 11) is 0. The maximum absolute atomic E-state index is 11.2. The third-order valence-corrected chi connectivity index (χ3v) is 13.5. The van der Waals surface area contributed by atoms with Gasteiger partial charge in [0.1, 0.15) is 0 Å². The van der Waals surface area contributed by atoms with E-state index >= 15 is 0 Å². The third-order valence-electron chi connectivity index (χ3n) is 11.9. The molecule has 0 fully saturated rings. The number of aryl methyl sites for hydroxylation is 2. The van der Waals surface area contributed by atoms with E-state index in [0.29, 0.717) is 28.3 Å². The SMILES string of the molecule is CC(=O)c1cnc2c(c1Cl)CC[C@H]2C.C[C@@H]1CCc2c(Cl)ccnc21.Cc1cnc2c(c1Cl)CC[C@H]2C.[O-][n+]1ccc(Cl)c2c1CCC2.[O-][n+]1cccc2c1CCC2. The summed E-state index contributed by atoms with van der Waals surface area (Å²) in [4.78, 5) is 24.3. The summed E-state index contributed by atoms with van der Waals surface area (Å²) < 4.78 is 1.91. The molecule has 0 aliphatic heterocycles. The Kier molecular flexibility index (Phi) is 14.7. The van der Waals surface area contributed by atoms with Crippen LogP contribution in [0.1, 0.15) is 150 Å². The number of nitrogens with zero attached hydrogens (tertiary/aromatic N) is 5. The molecule has 0 amide bonds. The van der Waals surface area contributed by atoms with Gasteiger partial charge in [-0.15, -0.1) is 0 Å². The highest BCUT2D eigenvalue weighted by Gasteiger charge is 2.26. The Morgan fingerprint density at radius 3 is 1.81 bits per heavy atom. The van der Waals surface area contributed by atoms with Gasteiger partial charge in [0.05, 0.1) is 20.6 Å². The Hall–Kier alpha value is -3.82. The summed E-state index contributed by atoms with van der Waals surface area (Å²) in [5.41, 5.74) is 12.9. The van der Waals surface area contributed by atoms with Gasteiger partial charge in [0.2, 0.25) is 0 Å². The van der Waals surface area contributed by atoms with Gasteiger partial charge in [0, 0.05) is 76.8 Å². The smallest absolute Gasteiger partial charge is 0.197 e. The van der Waals surface area contributed by atoms with Crippen LogP contribution < -0.4 is 9.46 Å². The first kappa shape index (κ1) is 43.8. The molecule has 12 heteroatoms. The molecule has 0 aromatic carbocycles. The average Bonchev–Trinajstić information content (AvgIpc) is 4.06. The average molecular weight is 864 g/mol. The number of pyridine rings is 5. The van der Waals surface area contributed by atoms with E-state index < -0.39 is 0 Å². The summed E-state index contributed by atoms with van der Waals surface area (Å²) >= 11 is 24.2. The number of rotatable bonds is 1. The van der Waals surface area contributed by atoms with E-state index in [0.717, 1.165) is 123 Å². The van der Waals surface area contributed by atoms with Gasteiger partial charge < -0.3 is 10.4 Å². The summed E-state index contributed by atoms with van der Waals surface area (Å²) in [6.45, 7) is 10.1. The fourth-order valence-electron chi connectivity index (χ4n) is 8.48. The number of hydrogen-bond acceptors (Lipinski definition) is 6. The predicted molar refractivity (Wildman–Crippen MR) is 233 cm³/mol. The number of halogens is 4. The second-order valence-electron chi connectivity index (χ2n) is 15.9. The Balaban J connectivity index is 0.000000123. The van der Waals surface area contributed by atoms with E-state index in [1.807, 2.05) is 31.3 Å². The van der Waals surface area contributed by atoms with E-state index in [1.54, 1.807) is 24.7 Å². The highest BCUT2D eigenvalue weighted by Crippen LogP contribution is 2.38. The first-order chi connectivity index (χ1) is 27.8. The van der Waals surface area contributed by atoms with Crippen molar-refractivity contribution in [2.45, 2.75) is 129 Å². The van der Waals surface area contributed by atoms with Crippen molar-refractivity contribution in [2.24, 2.45) is 0 Å². The normalized spacial score (nSPS) is 18.7. The van der Waals surface area contributed by atoms with Crippen molar-refractivity contribution in [1.29, 1.82) is 0 Å². The second-order valence-corrected chi connectivity index (χ2v) is 17.5. The molecule has 5 heterocycles. The van der Waals surface area contributed by atoms with Crippen molar-refractivity contribution in [1.82, 2.24) is 15.0 Å². The van der Waals surface area contributed by atoms with Gasteiger partial charge in [0.15, 0.2) is 29.6 Å². The lowest BCUT2D eigenvalue weighted by atomic mass is 10.1. The van der Waals surface area contributed by atoms with Crippen molar-refractivity contribution >= 4 is 52.2 Å². The Morgan fingerprint density at radius 2 is 1.19 bits per heavy atom. The molecule has 5 aliphatic carbocycles. The van der Waals surface area contributed by atoms with Crippen LogP contribution in [0.25, 0.3) is 0 Å². The molecule has 5 aromatic heterocycles. The third kappa shape index (κ3) is 9.79. The molecule has 58 heavy (non-hydrogen) atoms. The van der Waals surface area contributed by atoms with Gasteiger partial charge in [-0.1, -0.05) is 67.2 Å². The summed E-state index contributed by atoms with van der Waals surface area (Å²) in [6, 6.07) is 7.39. The Labute approximate surface area is 362 Å². The van der Waals surface area contributed by atoms with Crippen LogP contribution in [0.3, 0.4) is 0 Å². The molecular weight excluding hydrogens is 812 g/mol. The lowest BCUT2D eigenvalue weighted by Crippen LogP contribution is -2.30. The molecule has 0 saturated carbocycles. The molecule has 5 aromatic rings. The van der Waals surface area contributed by atoms with Crippen LogP contribution in [-0.4, -0.2) is 20.7 Å². The Bertz CT molecular complexity index is 2270. The lowest BCUT2D eigenvalue weighted by molar-refractivity contribution is -0.613. The van der Waals surface area contributed by atoms with Crippen molar-refractivity contribution < 1.29 is 14.3 Å². The number of ketones is 1. The summed E-state index contributed by atoms with van der Waals surface area (Å²) in [5.74, 6) is 1.66. The largest absolute Gasteiger partial charge is 0.618 e. The fraction of sp³-hybridized carbons (Fsp3) is 0.435. The monoisotopic (exact) mass is 861 g/mol. The number of aromatic nitrogens is 5. The molecule has 0 spiro atoms. The standard InChI is InChI=1S/C11H12ClNO.C10H12ClN.C9H10ClN.C8H8ClNO.C8H9NO/c1-6-3-4-8-10(12)9(7(2)14)5-13-11(6)8;1-6-3-4-8-9(11)7(2)5-12-10(6)8;1-6-2-3-7-8(10)4-5-11-9(6)7;9-7-4-5-10(11)8-3-1-2-6(7)8;10-9-6-2-4-7-3-1-5-8(7)9/h5-6H,3-4H2,1-2H3;5-6H,3-4H2,1-2H3;4-6H,2-3H2,1H3;4-5H,1-3H2;2,4,6H,1,3,5H2/t3*6-;;/m111../s1. The first-order valence-corrected chi connectivity index (χ1v) is 21.8. The van der Waals surface area contributed by atoms with Gasteiger partial charge in [-0.05, 0) is 130 Å². The molecule has 3 atom stereocenters. The van der Waals surface area contributed by atoms with E-state index in [4.69, 9.17) is 46.4 Å². The van der Waals surface area contributed by atoms with Crippen LogP contribution in [0.15, 0.2) is 55.2 Å². The fourth-order valence-corrected chi connectivity index (χ4v) is 9.60. The molecule has 5 aliphatic rings. The number of carbonyl (C=O) groups excluding carboxylic acids is 1. The van der Waals surface area contributed by atoms with Crippen LogP contribution in [0.5, 0.6) is 0 Å². The molecule has 0 unspecified atom stereocenters. The van der Waals surface area contributed by atoms with E-state index in [-0.39, 0.29) is 5.78 Å². The van der Waals surface area contributed by atoms with Gasteiger partial charge >= 0.3 is 0 Å². The minimum Gasteiger partial charge on any atom is -0.618 e. The number of Topliss-reactive ketones (excluding diaryl/α,β-unsaturated/α-hetero) is 1. The molecule has 0 bridgehead atoms. The quantitative estimate of drug-likeness (QED) is 0.0943. The van der Waals surface area contributed by atoms with Gasteiger partial charge in [0.25, 0.3) is 0 Å². The molecule has 0 saturated heterocycles. The maximum Gasteiger partial charge on any atom is 0.197 e. The summed E-state index contributed by atoms with van der Waals surface area (Å²) in [6.07, 6.45) is 21.0. The van der Waals surface area contributed by atoms with E-state index in [2.05, 4.69) is 35.7 Å². The molecule has 0 radical (unpaired) electrons. The molecule has 0 N–H and O–H groups in total. The minimum absolute atomic E-state index is 0.00940. The highest BCUT2D eigenvalue weighted by molar-refractivity contribution is 6.34. The zero-order chi connectivity index (χ0) is 41.7. The number of fused-ring (bicyclic) bond motifs is 5. The molecular formula is C46H51Cl4N5O3. The highest BCUT2D eigenvalue weighted by atomic mass is 35.5. The zero-order valence-electron chi connectivity index (χ0n) is 33.9. The predicted octanol–water partition coefficient (Wildman–Crippen LogP) is 11.1. The van der Waals surface area contributed by atoms with Gasteiger partial charge in [-0.2, -0.15) is 9.46 Å². The van der Waals surface area contributed by atoms with Gasteiger partial charge in [-0.3, -0.25) is 19.7 Å². The van der Waals surface area contributed by atoms with Crippen LogP contribution in [-0.2, 0) is 44.9 Å². The second kappa shape index (κ2) is 19.5. The summed E-state index contributed by atoms with van der Waals surface area (Å²) in [5, 5.41) is 25.3. The maximum atomic E-state index is 11.2. The van der Waals surface area contributed by atoms with E-state index in [1.165, 1.54) is 54.0 Å². The van der Waals surface area contributed by atoms with Gasteiger partial charge in [-0.25, -0.2) is 0 Å². The van der Waals surface area contributed by atoms with Crippen LogP contribution in [0.2, 0.25) is 20.1 Å². The molecule has 8 nitrogen and oxygen atoms in total. The molecule has 306 valence electrons. The number of hydrogen-bond donors (Lipinski definition) is 0. The minimum atomic E-state index is -0.00940. The Morgan fingerprint density at radius 1 is 0.638 bits per heavy atom. The zero-order valence-corrected chi connectivity index (χ0v) is 36.9. The van der Waals surface area contributed by atoms with Crippen molar-refractivity contribution in [3.63, 3.8) is 0 Å². The van der Waals surface area contributed by atoms with Crippen LogP contribution in [0.4, 0.5) is 0 Å². The van der Waals surface area contributed by atoms with Crippen molar-refractivity contribution in [3.8, 4) is 0 Å². The van der Waals surface area contributed by atoms with E-state index in [9.17, 15) is 15.2 Å². The first-order valence-electron chi connectivity index (χ1n) is 20.3. The lowest BCUT2D eigenvalue weighted by Gasteiger charge is -2.07. The molecule has 10 rings (SSSR count). The number of carbonyl (C=O) groups is 1. The van der Waals surface area contributed by atoms with Crippen LogP contribution >= 0.6 is 46.4 Å². The topological polar surface area (TPSA) is 110 Å². The van der Waals surface area contributed by atoms with Crippen molar-refractivity contribution in [2.75, 3.05) is 0 Å².